The summed E-state index contributed by atoms with van der Waals surface area (Å²) in [4.78, 5) is 42.4. The molecule has 262 valence electrons. The highest BCUT2D eigenvalue weighted by Crippen LogP contribution is 2.29. The van der Waals surface area contributed by atoms with Crippen molar-refractivity contribution in [3.8, 4) is 11.3 Å². The Morgan fingerprint density at radius 2 is 1.45 bits per heavy atom. The van der Waals surface area contributed by atoms with E-state index in [1.807, 2.05) is 98.2 Å². The maximum Gasteiger partial charge on any atom is 0.416 e. The minimum atomic E-state index is -4.47. The molecule has 0 radical (unpaired) electrons. The van der Waals surface area contributed by atoms with Crippen molar-refractivity contribution in [3.63, 3.8) is 0 Å². The number of aromatic nitrogens is 2. The molecular weight excluding hydrogens is 651 g/mol. The Morgan fingerprint density at radius 1 is 0.745 bits per heavy atom. The average molecular weight is 692 g/mol. The molecule has 0 bridgehead atoms. The molecule has 0 aliphatic carbocycles. The minimum Gasteiger partial charge on any atom is -0.343 e. The molecule has 0 N–H and O–H groups in total. The molecule has 1 atom stereocenters. The summed E-state index contributed by atoms with van der Waals surface area (Å²) < 4.78 is 39.5. The van der Waals surface area contributed by atoms with Crippen molar-refractivity contribution in [3.05, 3.63) is 162 Å². The second-order valence-electron chi connectivity index (χ2n) is 12.4. The van der Waals surface area contributed by atoms with Gasteiger partial charge < -0.3 is 14.7 Å². The molecule has 0 fully saturated rings. The average Bonchev–Trinajstić information content (AvgIpc) is 3.15. The molecular formula is C41H40F3N5O2. The van der Waals surface area contributed by atoms with Gasteiger partial charge in [-0.2, -0.15) is 13.2 Å². The van der Waals surface area contributed by atoms with Crippen molar-refractivity contribution in [2.45, 2.75) is 31.7 Å². The van der Waals surface area contributed by atoms with Gasteiger partial charge in [0.25, 0.3) is 0 Å². The third-order valence-corrected chi connectivity index (χ3v) is 8.51. The summed E-state index contributed by atoms with van der Waals surface area (Å²) in [7, 11) is 3.71. The summed E-state index contributed by atoms with van der Waals surface area (Å²) in [5.74, 6) is -0.671. The van der Waals surface area contributed by atoms with Crippen molar-refractivity contribution in [1.82, 2.24) is 24.7 Å². The second-order valence-corrected chi connectivity index (χ2v) is 12.4. The minimum absolute atomic E-state index is 0.122. The summed E-state index contributed by atoms with van der Waals surface area (Å²) in [5, 5.41) is 0. The van der Waals surface area contributed by atoms with Crippen LogP contribution in [0.2, 0.25) is 0 Å². The Kier molecular flexibility index (Phi) is 12.5. The number of benzene rings is 3. The smallest absolute Gasteiger partial charge is 0.343 e. The Balaban J connectivity index is 1.42. The lowest BCUT2D eigenvalue weighted by molar-refractivity contribution is -0.143. The van der Waals surface area contributed by atoms with Crippen LogP contribution in [0.15, 0.2) is 134 Å². The van der Waals surface area contributed by atoms with Gasteiger partial charge >= 0.3 is 6.18 Å². The van der Waals surface area contributed by atoms with Crippen LogP contribution in [0.1, 0.15) is 27.8 Å². The van der Waals surface area contributed by atoms with Crippen LogP contribution < -0.4 is 0 Å². The first-order chi connectivity index (χ1) is 24.6. The lowest BCUT2D eigenvalue weighted by atomic mass is 10.0. The van der Waals surface area contributed by atoms with E-state index in [4.69, 9.17) is 0 Å². The summed E-state index contributed by atoms with van der Waals surface area (Å²) in [6, 6.07) is 30.5. The molecule has 5 rings (SSSR count). The van der Waals surface area contributed by atoms with Gasteiger partial charge in [0, 0.05) is 69.9 Å². The fourth-order valence-corrected chi connectivity index (χ4v) is 5.64. The molecule has 0 saturated carbocycles. The first-order valence-corrected chi connectivity index (χ1v) is 16.6. The van der Waals surface area contributed by atoms with Crippen LogP contribution >= 0.6 is 0 Å². The zero-order valence-corrected chi connectivity index (χ0v) is 28.6. The van der Waals surface area contributed by atoms with Gasteiger partial charge in [-0.1, -0.05) is 78.9 Å². The number of halogens is 3. The molecule has 3 aromatic carbocycles. The number of likely N-dealkylation sites (N-methyl/N-ethyl adjacent to an activating group) is 2. The van der Waals surface area contributed by atoms with E-state index in [9.17, 15) is 22.8 Å². The van der Waals surface area contributed by atoms with E-state index in [2.05, 4.69) is 14.9 Å². The zero-order valence-electron chi connectivity index (χ0n) is 28.6. The molecule has 1 unspecified atom stereocenters. The monoisotopic (exact) mass is 691 g/mol. The van der Waals surface area contributed by atoms with E-state index in [-0.39, 0.29) is 18.9 Å². The lowest BCUT2D eigenvalue weighted by Crippen LogP contribution is -2.51. The fourth-order valence-electron chi connectivity index (χ4n) is 5.64. The Morgan fingerprint density at radius 3 is 2.10 bits per heavy atom. The number of nitrogens with zero attached hydrogens (tertiary/aromatic N) is 5. The molecule has 7 nitrogen and oxygen atoms in total. The number of rotatable bonds is 14. The zero-order chi connectivity index (χ0) is 36.2. The van der Waals surface area contributed by atoms with Crippen molar-refractivity contribution < 1.29 is 22.8 Å². The molecule has 0 saturated heterocycles. The van der Waals surface area contributed by atoms with E-state index in [1.54, 1.807) is 29.2 Å². The summed E-state index contributed by atoms with van der Waals surface area (Å²) in [5.41, 5.74) is 4.11. The molecule has 51 heavy (non-hydrogen) atoms. The number of carbonyl (C=O) groups excluding carboxylic acids is 2. The van der Waals surface area contributed by atoms with Gasteiger partial charge in [0.05, 0.1) is 11.3 Å². The second kappa shape index (κ2) is 17.4. The molecule has 0 aliphatic heterocycles. The van der Waals surface area contributed by atoms with E-state index < -0.39 is 23.7 Å². The number of hydrogen-bond donors (Lipinski definition) is 0. The third-order valence-electron chi connectivity index (χ3n) is 8.51. The summed E-state index contributed by atoms with van der Waals surface area (Å²) in [6.07, 6.45) is 3.85. The Bertz CT molecular complexity index is 1870. The number of alkyl halides is 3. The van der Waals surface area contributed by atoms with Gasteiger partial charge in [0.15, 0.2) is 0 Å². The third kappa shape index (κ3) is 10.7. The molecule has 0 spiro atoms. The Hall–Kier alpha value is -5.61. The van der Waals surface area contributed by atoms with Crippen LogP contribution in [-0.2, 0) is 35.3 Å². The first-order valence-electron chi connectivity index (χ1n) is 16.6. The number of pyridine rings is 2. The lowest BCUT2D eigenvalue weighted by Gasteiger charge is -2.34. The van der Waals surface area contributed by atoms with Gasteiger partial charge in [-0.3, -0.25) is 19.6 Å². The van der Waals surface area contributed by atoms with E-state index >= 15 is 0 Å². The van der Waals surface area contributed by atoms with Gasteiger partial charge in [-0.15, -0.1) is 0 Å². The van der Waals surface area contributed by atoms with Crippen LogP contribution in [0.25, 0.3) is 17.3 Å². The predicted molar refractivity (Wildman–Crippen MR) is 193 cm³/mol. The fraction of sp³-hybridized carbons (Fsp3) is 0.220. The van der Waals surface area contributed by atoms with E-state index in [0.717, 1.165) is 40.1 Å². The number of hydrogen-bond acceptors (Lipinski definition) is 5. The first kappa shape index (κ1) is 36.7. The standard InChI is InChI=1S/C41H40F3N5O2/c1-47(29-34-11-8-23-45-28-34)25-26-48(2)40(51)38(27-32-9-4-3-5-10-32)49(30-33-13-18-35(19-14-33)37-12-6-7-24-46-37)39(50)22-17-31-15-20-36(21-16-31)41(42,43)44/h3-24,28,38H,25-27,29-30H2,1-2H3. The predicted octanol–water partition coefficient (Wildman–Crippen LogP) is 7.41. The van der Waals surface area contributed by atoms with Crippen molar-refractivity contribution >= 4 is 17.9 Å². The van der Waals surface area contributed by atoms with E-state index in [1.165, 1.54) is 24.3 Å². The summed E-state index contributed by atoms with van der Waals surface area (Å²) >= 11 is 0. The van der Waals surface area contributed by atoms with Crippen molar-refractivity contribution in [2.24, 2.45) is 0 Å². The van der Waals surface area contributed by atoms with Crippen molar-refractivity contribution in [2.75, 3.05) is 27.2 Å². The van der Waals surface area contributed by atoms with Gasteiger partial charge in [-0.25, -0.2) is 0 Å². The highest BCUT2D eigenvalue weighted by Gasteiger charge is 2.32. The van der Waals surface area contributed by atoms with Crippen LogP contribution in [0.3, 0.4) is 0 Å². The number of amides is 2. The molecule has 10 heteroatoms. The van der Waals surface area contributed by atoms with Crippen LogP contribution in [0.5, 0.6) is 0 Å². The molecule has 0 aliphatic rings. The van der Waals surface area contributed by atoms with E-state index in [0.29, 0.717) is 25.2 Å². The SMILES string of the molecule is CN(CCN(C)C(=O)C(Cc1ccccc1)N(Cc1ccc(-c2ccccn2)cc1)C(=O)C=Cc1ccc(C(F)(F)F)cc1)Cc1cccnc1. The molecule has 2 aromatic heterocycles. The van der Waals surface area contributed by atoms with Crippen LogP contribution in [0.4, 0.5) is 13.2 Å². The quantitative estimate of drug-likeness (QED) is 0.114. The number of carbonyl (C=O) groups is 2. The normalized spacial score (nSPS) is 12.2. The highest BCUT2D eigenvalue weighted by atomic mass is 19.4. The van der Waals surface area contributed by atoms with Crippen LogP contribution in [0, 0.1) is 0 Å². The van der Waals surface area contributed by atoms with Crippen molar-refractivity contribution in [1.29, 1.82) is 0 Å². The molecule has 5 aromatic rings. The van der Waals surface area contributed by atoms with Gasteiger partial charge in [0.2, 0.25) is 11.8 Å². The van der Waals surface area contributed by atoms with Gasteiger partial charge in [0.1, 0.15) is 6.04 Å². The molecule has 2 amide bonds. The maximum atomic E-state index is 14.4. The maximum absolute atomic E-state index is 14.4. The largest absolute Gasteiger partial charge is 0.416 e. The molecule has 2 heterocycles. The van der Waals surface area contributed by atoms with Crippen LogP contribution in [-0.4, -0.2) is 69.7 Å². The Labute approximate surface area is 296 Å². The van der Waals surface area contributed by atoms with Gasteiger partial charge in [-0.05, 0) is 65.7 Å². The topological polar surface area (TPSA) is 69.6 Å². The summed E-state index contributed by atoms with van der Waals surface area (Å²) in [6.45, 7) is 1.79. The highest BCUT2D eigenvalue weighted by molar-refractivity contribution is 5.95.